The number of rotatable bonds is 6. The molecule has 0 radical (unpaired) electrons. The normalized spacial score (nSPS) is 12.6. The van der Waals surface area contributed by atoms with E-state index in [2.05, 4.69) is 0 Å². The Balaban J connectivity index is 2.40. The minimum absolute atomic E-state index is 0.0290. The molecule has 5 nitrogen and oxygen atoms in total. The van der Waals surface area contributed by atoms with E-state index in [9.17, 15) is 18.3 Å². The van der Waals surface area contributed by atoms with E-state index < -0.39 is 22.0 Å². The van der Waals surface area contributed by atoms with Crippen molar-refractivity contribution in [2.24, 2.45) is 0 Å². The molecular weight excluding hydrogens is 316 g/mol. The quantitative estimate of drug-likeness (QED) is 0.820. The Bertz CT molecular complexity index is 794. The first-order chi connectivity index (χ1) is 10.8. The molecule has 0 spiro atoms. The molecule has 0 heterocycles. The monoisotopic (exact) mass is 334 g/mol. The largest absolute Gasteiger partial charge is 0.481 e. The van der Waals surface area contributed by atoms with Gasteiger partial charge in [-0.3, -0.25) is 4.79 Å². The van der Waals surface area contributed by atoms with Gasteiger partial charge in [0.05, 0.1) is 5.92 Å². The van der Waals surface area contributed by atoms with Gasteiger partial charge in [0, 0.05) is 5.56 Å². The lowest BCUT2D eigenvalue weighted by molar-refractivity contribution is -0.138. The van der Waals surface area contributed by atoms with Crippen molar-refractivity contribution < 1.29 is 22.5 Å². The van der Waals surface area contributed by atoms with Crippen LogP contribution in [0.15, 0.2) is 53.4 Å². The Kier molecular flexibility index (Phi) is 5.05. The van der Waals surface area contributed by atoms with Gasteiger partial charge in [-0.2, -0.15) is 8.42 Å². The van der Waals surface area contributed by atoms with Gasteiger partial charge in [-0.1, -0.05) is 42.8 Å². The lowest BCUT2D eigenvalue weighted by Gasteiger charge is -2.15. The summed E-state index contributed by atoms with van der Waals surface area (Å²) in [6, 6.07) is 12.6. The molecule has 0 aliphatic rings. The van der Waals surface area contributed by atoms with Crippen molar-refractivity contribution in [1.29, 1.82) is 0 Å². The average molecular weight is 334 g/mol. The first-order valence-corrected chi connectivity index (χ1v) is 8.59. The van der Waals surface area contributed by atoms with E-state index in [-0.39, 0.29) is 10.6 Å². The minimum atomic E-state index is -4.01. The summed E-state index contributed by atoms with van der Waals surface area (Å²) in [4.78, 5) is 11.4. The van der Waals surface area contributed by atoms with Gasteiger partial charge >= 0.3 is 16.1 Å². The highest BCUT2D eigenvalue weighted by Gasteiger charge is 2.24. The summed E-state index contributed by atoms with van der Waals surface area (Å²) < 4.78 is 30.0. The Hall–Kier alpha value is -2.34. The molecule has 0 aliphatic carbocycles. The van der Waals surface area contributed by atoms with E-state index >= 15 is 0 Å². The van der Waals surface area contributed by atoms with E-state index in [4.69, 9.17) is 4.18 Å². The molecule has 0 saturated heterocycles. The molecule has 0 amide bonds. The zero-order valence-electron chi connectivity index (χ0n) is 12.9. The van der Waals surface area contributed by atoms with Gasteiger partial charge in [-0.15, -0.1) is 0 Å². The summed E-state index contributed by atoms with van der Waals surface area (Å²) in [5.74, 6) is -1.79. The number of hydrogen-bond donors (Lipinski definition) is 1. The third-order valence-electron chi connectivity index (χ3n) is 3.51. The average Bonchev–Trinajstić information content (AvgIpc) is 2.49. The van der Waals surface area contributed by atoms with E-state index in [1.807, 2.05) is 6.92 Å². The molecule has 23 heavy (non-hydrogen) atoms. The number of benzene rings is 2. The first kappa shape index (κ1) is 17.0. The van der Waals surface area contributed by atoms with Crippen molar-refractivity contribution in [3.05, 3.63) is 59.7 Å². The number of carboxylic acids is 1. The van der Waals surface area contributed by atoms with Gasteiger partial charge in [0.15, 0.2) is 0 Å². The maximum absolute atomic E-state index is 12.4. The van der Waals surface area contributed by atoms with Crippen molar-refractivity contribution >= 4 is 16.1 Å². The predicted octanol–water partition coefficient (Wildman–Crippen LogP) is 3.34. The molecule has 2 rings (SSSR count). The summed E-state index contributed by atoms with van der Waals surface area (Å²) in [5.41, 5.74) is 1.28. The predicted molar refractivity (Wildman–Crippen MR) is 86.1 cm³/mol. The summed E-state index contributed by atoms with van der Waals surface area (Å²) >= 11 is 0. The van der Waals surface area contributed by atoms with E-state index in [1.54, 1.807) is 37.3 Å². The molecule has 0 fully saturated rings. The fourth-order valence-corrected chi connectivity index (χ4v) is 3.20. The van der Waals surface area contributed by atoms with Crippen LogP contribution in [-0.4, -0.2) is 19.5 Å². The molecule has 0 saturated carbocycles. The summed E-state index contributed by atoms with van der Waals surface area (Å²) in [5, 5.41) is 9.29. The lowest BCUT2D eigenvalue weighted by Crippen LogP contribution is -2.15. The minimum Gasteiger partial charge on any atom is -0.481 e. The van der Waals surface area contributed by atoms with Crippen molar-refractivity contribution in [1.82, 2.24) is 0 Å². The number of carboxylic acid groups (broad SMARTS) is 1. The maximum atomic E-state index is 12.4. The van der Waals surface area contributed by atoms with Crippen LogP contribution in [0.3, 0.4) is 0 Å². The number of hydrogen-bond acceptors (Lipinski definition) is 4. The van der Waals surface area contributed by atoms with Crippen LogP contribution in [0.4, 0.5) is 0 Å². The van der Waals surface area contributed by atoms with Crippen LogP contribution in [0, 0.1) is 6.92 Å². The van der Waals surface area contributed by atoms with Gasteiger partial charge in [-0.25, -0.2) is 0 Å². The van der Waals surface area contributed by atoms with Crippen LogP contribution in [-0.2, 0) is 14.9 Å². The molecule has 1 N–H and O–H groups in total. The Morgan fingerprint density at radius 3 is 2.30 bits per heavy atom. The first-order valence-electron chi connectivity index (χ1n) is 7.18. The Morgan fingerprint density at radius 2 is 1.74 bits per heavy atom. The molecule has 2 aromatic rings. The molecule has 6 heteroatoms. The molecule has 0 bridgehead atoms. The smallest absolute Gasteiger partial charge is 0.339 e. The maximum Gasteiger partial charge on any atom is 0.339 e. The Labute approximate surface area is 135 Å². The van der Waals surface area contributed by atoms with Gasteiger partial charge in [0.25, 0.3) is 0 Å². The zero-order valence-corrected chi connectivity index (χ0v) is 13.7. The van der Waals surface area contributed by atoms with Crippen LogP contribution in [0.25, 0.3) is 0 Å². The van der Waals surface area contributed by atoms with E-state index in [0.717, 1.165) is 5.56 Å². The summed E-state index contributed by atoms with van der Waals surface area (Å²) in [7, 11) is -4.01. The third-order valence-corrected chi connectivity index (χ3v) is 4.76. The molecule has 122 valence electrons. The van der Waals surface area contributed by atoms with Crippen molar-refractivity contribution in [3.63, 3.8) is 0 Å². The second-order valence-electron chi connectivity index (χ2n) is 5.19. The van der Waals surface area contributed by atoms with Gasteiger partial charge in [0.1, 0.15) is 10.6 Å². The second kappa shape index (κ2) is 6.83. The van der Waals surface area contributed by atoms with Crippen molar-refractivity contribution in [2.45, 2.75) is 31.1 Å². The molecule has 1 unspecified atom stereocenters. The van der Waals surface area contributed by atoms with Crippen LogP contribution >= 0.6 is 0 Å². The number of aliphatic carboxylic acids is 1. The van der Waals surface area contributed by atoms with E-state index in [1.165, 1.54) is 18.2 Å². The highest BCUT2D eigenvalue weighted by Crippen LogP contribution is 2.31. The fourth-order valence-electron chi connectivity index (χ4n) is 2.24. The van der Waals surface area contributed by atoms with Crippen LogP contribution in [0.2, 0.25) is 0 Å². The molecular formula is C17H18O5S. The van der Waals surface area contributed by atoms with Crippen molar-refractivity contribution in [3.8, 4) is 5.75 Å². The number of para-hydroxylation sites is 1. The topological polar surface area (TPSA) is 80.7 Å². The third kappa shape index (κ3) is 3.90. The SMILES string of the molecule is CCC(C(=O)O)c1ccccc1OS(=O)(=O)c1ccc(C)cc1. The van der Waals surface area contributed by atoms with Crippen LogP contribution in [0.1, 0.15) is 30.4 Å². The number of carbonyl (C=O) groups is 1. The van der Waals surface area contributed by atoms with Crippen molar-refractivity contribution in [2.75, 3.05) is 0 Å². The summed E-state index contributed by atoms with van der Waals surface area (Å²) in [6.45, 7) is 3.58. The highest BCUT2D eigenvalue weighted by atomic mass is 32.2. The molecule has 0 aromatic heterocycles. The molecule has 0 aliphatic heterocycles. The standard InChI is InChI=1S/C17H18O5S/c1-3-14(17(18)19)15-6-4-5-7-16(15)22-23(20,21)13-10-8-12(2)9-11-13/h4-11,14H,3H2,1-2H3,(H,18,19). The zero-order chi connectivity index (χ0) is 17.0. The van der Waals surface area contributed by atoms with Gasteiger partial charge in [-0.05, 0) is 31.5 Å². The number of aryl methyl sites for hydroxylation is 1. The fraction of sp³-hybridized carbons (Fsp3) is 0.235. The van der Waals surface area contributed by atoms with Gasteiger partial charge < -0.3 is 9.29 Å². The van der Waals surface area contributed by atoms with E-state index in [0.29, 0.717) is 12.0 Å². The molecule has 1 atom stereocenters. The molecule has 2 aromatic carbocycles. The Morgan fingerprint density at radius 1 is 1.13 bits per heavy atom. The lowest BCUT2D eigenvalue weighted by atomic mass is 9.96. The van der Waals surface area contributed by atoms with Crippen LogP contribution in [0.5, 0.6) is 5.75 Å². The highest BCUT2D eigenvalue weighted by molar-refractivity contribution is 7.87. The van der Waals surface area contributed by atoms with Crippen LogP contribution < -0.4 is 4.18 Å². The second-order valence-corrected chi connectivity index (χ2v) is 6.73. The summed E-state index contributed by atoms with van der Waals surface area (Å²) in [6.07, 6.45) is 0.334. The van der Waals surface area contributed by atoms with Gasteiger partial charge in [0.2, 0.25) is 0 Å².